The topological polar surface area (TPSA) is 50.9 Å². The van der Waals surface area contributed by atoms with Crippen LogP contribution in [-0.2, 0) is 0 Å². The quantitative estimate of drug-likeness (QED) is 0.851. The van der Waals surface area contributed by atoms with E-state index in [1.54, 1.807) is 6.20 Å². The summed E-state index contributed by atoms with van der Waals surface area (Å²) >= 11 is 0. The highest BCUT2D eigenvalue weighted by molar-refractivity contribution is 5.66. The normalized spacial score (nSPS) is 19.4. The van der Waals surface area contributed by atoms with Gasteiger partial charge in [-0.25, -0.2) is 4.68 Å². The number of hydrogen-bond donors (Lipinski definition) is 1. The molecule has 1 heterocycles. The summed E-state index contributed by atoms with van der Waals surface area (Å²) in [6, 6.07) is 9.89. The molecule has 0 saturated carbocycles. The van der Waals surface area contributed by atoms with Crippen molar-refractivity contribution in [1.82, 2.24) is 15.0 Å². The Morgan fingerprint density at radius 3 is 2.76 bits per heavy atom. The first kappa shape index (κ1) is 10.2. The summed E-state index contributed by atoms with van der Waals surface area (Å²) in [5, 5.41) is 17.6. The number of hydrogen-bond acceptors (Lipinski definition) is 3. The second kappa shape index (κ2) is 4.14. The number of nitrogens with zero attached hydrogens (tertiary/aromatic N) is 3. The Morgan fingerprint density at radius 1 is 1.24 bits per heavy atom. The molecular weight excluding hydrogens is 214 g/mol. The fourth-order valence-corrected chi connectivity index (χ4v) is 2.13. The van der Waals surface area contributed by atoms with E-state index in [0.717, 1.165) is 29.8 Å². The zero-order chi connectivity index (χ0) is 11.7. The fourth-order valence-electron chi connectivity index (χ4n) is 2.13. The number of allylic oxidation sites excluding steroid dienone is 1. The number of aliphatic hydroxyl groups excluding tert-OH is 1. The van der Waals surface area contributed by atoms with E-state index < -0.39 is 0 Å². The third-order valence-corrected chi connectivity index (χ3v) is 2.98. The molecule has 0 aliphatic heterocycles. The number of aromatic nitrogens is 3. The van der Waals surface area contributed by atoms with Gasteiger partial charge in [0.1, 0.15) is 0 Å². The molecule has 1 atom stereocenters. The highest BCUT2D eigenvalue weighted by Crippen LogP contribution is 2.28. The van der Waals surface area contributed by atoms with Crippen LogP contribution in [0.5, 0.6) is 0 Å². The maximum absolute atomic E-state index is 9.53. The Kier molecular flexibility index (Phi) is 2.49. The molecule has 0 radical (unpaired) electrons. The van der Waals surface area contributed by atoms with Crippen LogP contribution in [0.3, 0.4) is 0 Å². The Bertz CT molecular complexity index is 545. The van der Waals surface area contributed by atoms with Crippen molar-refractivity contribution in [2.45, 2.75) is 18.9 Å². The summed E-state index contributed by atoms with van der Waals surface area (Å²) in [6.45, 7) is 0. The molecule has 1 unspecified atom stereocenters. The molecule has 4 heteroatoms. The van der Waals surface area contributed by atoms with Crippen LogP contribution >= 0.6 is 0 Å². The van der Waals surface area contributed by atoms with Gasteiger partial charge in [0.2, 0.25) is 0 Å². The lowest BCUT2D eigenvalue weighted by Gasteiger charge is -2.05. The predicted octanol–water partition coefficient (Wildman–Crippen LogP) is 1.81. The highest BCUT2D eigenvalue weighted by Gasteiger charge is 2.18. The highest BCUT2D eigenvalue weighted by atomic mass is 16.3. The van der Waals surface area contributed by atoms with Crippen molar-refractivity contribution in [3.8, 4) is 5.69 Å². The summed E-state index contributed by atoms with van der Waals surface area (Å²) in [5.41, 5.74) is 3.07. The van der Waals surface area contributed by atoms with E-state index in [0.29, 0.717) is 0 Å². The molecule has 2 aromatic rings. The second-order valence-corrected chi connectivity index (χ2v) is 4.16. The minimum atomic E-state index is -0.330. The molecule has 86 valence electrons. The Morgan fingerprint density at radius 2 is 2.06 bits per heavy atom. The van der Waals surface area contributed by atoms with Crippen LogP contribution < -0.4 is 0 Å². The summed E-state index contributed by atoms with van der Waals surface area (Å²) in [5.74, 6) is 0. The van der Waals surface area contributed by atoms with Crippen LogP contribution in [0.2, 0.25) is 0 Å². The van der Waals surface area contributed by atoms with E-state index in [2.05, 4.69) is 10.3 Å². The van der Waals surface area contributed by atoms with Crippen molar-refractivity contribution in [3.05, 3.63) is 48.3 Å². The molecule has 4 nitrogen and oxygen atoms in total. The average Bonchev–Trinajstić information content (AvgIpc) is 2.98. The zero-order valence-corrected chi connectivity index (χ0v) is 9.32. The van der Waals surface area contributed by atoms with Crippen molar-refractivity contribution in [2.75, 3.05) is 0 Å². The van der Waals surface area contributed by atoms with E-state index in [4.69, 9.17) is 0 Å². The molecule has 0 fully saturated rings. The maximum Gasteiger partial charge on any atom is 0.0901 e. The summed E-state index contributed by atoms with van der Waals surface area (Å²) in [7, 11) is 0. The average molecular weight is 227 g/mol. The molecule has 17 heavy (non-hydrogen) atoms. The third kappa shape index (κ3) is 1.87. The molecule has 1 N–H and O–H groups in total. The lowest BCUT2D eigenvalue weighted by Crippen LogP contribution is -2.00. The van der Waals surface area contributed by atoms with E-state index in [1.165, 1.54) is 0 Å². The molecule has 0 saturated heterocycles. The Labute approximate surface area is 99.2 Å². The zero-order valence-electron chi connectivity index (χ0n) is 9.32. The van der Waals surface area contributed by atoms with Crippen LogP contribution in [0.1, 0.15) is 18.5 Å². The molecule has 1 aromatic heterocycles. The number of benzene rings is 1. The van der Waals surface area contributed by atoms with Crippen LogP contribution in [0.25, 0.3) is 11.3 Å². The van der Waals surface area contributed by atoms with Crippen LogP contribution in [0, 0.1) is 0 Å². The van der Waals surface area contributed by atoms with Crippen molar-refractivity contribution in [2.24, 2.45) is 0 Å². The molecule has 1 aliphatic carbocycles. The van der Waals surface area contributed by atoms with Crippen molar-refractivity contribution in [3.63, 3.8) is 0 Å². The van der Waals surface area contributed by atoms with E-state index in [9.17, 15) is 5.11 Å². The second-order valence-electron chi connectivity index (χ2n) is 4.16. The first-order valence-electron chi connectivity index (χ1n) is 5.70. The molecule has 1 aromatic carbocycles. The van der Waals surface area contributed by atoms with Gasteiger partial charge in [-0.2, -0.15) is 0 Å². The van der Waals surface area contributed by atoms with Gasteiger partial charge in [-0.05, 0) is 30.5 Å². The monoisotopic (exact) mass is 227 g/mol. The van der Waals surface area contributed by atoms with Crippen molar-refractivity contribution >= 4 is 5.57 Å². The van der Waals surface area contributed by atoms with E-state index >= 15 is 0 Å². The largest absolute Gasteiger partial charge is 0.389 e. The van der Waals surface area contributed by atoms with Gasteiger partial charge in [0.25, 0.3) is 0 Å². The van der Waals surface area contributed by atoms with Gasteiger partial charge in [0.05, 0.1) is 23.7 Å². The fraction of sp³-hybridized carbons (Fsp3) is 0.231. The first-order chi connectivity index (χ1) is 8.34. The van der Waals surface area contributed by atoms with Gasteiger partial charge in [0.15, 0.2) is 0 Å². The lowest BCUT2D eigenvalue weighted by atomic mass is 10.2. The third-order valence-electron chi connectivity index (χ3n) is 2.98. The first-order valence-corrected chi connectivity index (χ1v) is 5.70. The van der Waals surface area contributed by atoms with E-state index in [1.807, 2.05) is 41.1 Å². The molecule has 3 rings (SSSR count). The standard InChI is InChI=1S/C13H13N3O/c17-12-7-6-10(8-12)13-9-14-15-16(13)11-4-2-1-3-5-11/h1-5,8-9,12,17H,6-7H2. The summed E-state index contributed by atoms with van der Waals surface area (Å²) in [4.78, 5) is 0. The van der Waals surface area contributed by atoms with Gasteiger partial charge in [-0.1, -0.05) is 29.5 Å². The van der Waals surface area contributed by atoms with E-state index in [-0.39, 0.29) is 6.10 Å². The van der Waals surface area contributed by atoms with Gasteiger partial charge in [-0.15, -0.1) is 5.10 Å². The molecule has 0 spiro atoms. The molecule has 0 amide bonds. The molecule has 0 bridgehead atoms. The van der Waals surface area contributed by atoms with Crippen LogP contribution in [0.4, 0.5) is 0 Å². The molecule has 1 aliphatic rings. The van der Waals surface area contributed by atoms with Crippen LogP contribution in [0.15, 0.2) is 42.6 Å². The van der Waals surface area contributed by atoms with Crippen molar-refractivity contribution in [1.29, 1.82) is 0 Å². The predicted molar refractivity (Wildman–Crippen MR) is 64.6 cm³/mol. The van der Waals surface area contributed by atoms with Crippen molar-refractivity contribution < 1.29 is 5.11 Å². The minimum absolute atomic E-state index is 0.330. The lowest BCUT2D eigenvalue weighted by molar-refractivity contribution is 0.223. The van der Waals surface area contributed by atoms with Gasteiger partial charge < -0.3 is 5.11 Å². The van der Waals surface area contributed by atoms with Crippen LogP contribution in [-0.4, -0.2) is 26.2 Å². The summed E-state index contributed by atoms with van der Waals surface area (Å²) < 4.78 is 1.81. The van der Waals surface area contributed by atoms with Gasteiger partial charge in [-0.3, -0.25) is 0 Å². The number of rotatable bonds is 2. The smallest absolute Gasteiger partial charge is 0.0901 e. The number of para-hydroxylation sites is 1. The summed E-state index contributed by atoms with van der Waals surface area (Å²) in [6.07, 6.45) is 4.97. The van der Waals surface area contributed by atoms with Gasteiger partial charge >= 0.3 is 0 Å². The maximum atomic E-state index is 9.53. The SMILES string of the molecule is OC1C=C(c2cnnn2-c2ccccc2)CC1. The minimum Gasteiger partial charge on any atom is -0.389 e. The van der Waals surface area contributed by atoms with Gasteiger partial charge in [0, 0.05) is 0 Å². The Hall–Kier alpha value is -1.94. The number of aliphatic hydroxyl groups is 1. The molecular formula is C13H13N3O. The Balaban J connectivity index is 2.03.